The van der Waals surface area contributed by atoms with E-state index in [1.54, 1.807) is 14.2 Å². The SMILES string of the molecule is COC(CC1CC[C@@H](C)[C@@](C)(CC(=O)C2CCCC[C@H]2C(=O)O)O1)C(C)CCCCCC(C)C[C@@H](C)C(=O)C(OC)[C@H](C)C(C)CC(C)C(=O)CC[C@@H](C)C[C@@H]1CCC(C)[C@H](OC)C1. The lowest BCUT2D eigenvalue weighted by Gasteiger charge is -2.45. The van der Waals surface area contributed by atoms with Crippen molar-refractivity contribution in [3.05, 3.63) is 0 Å². The molecule has 17 atom stereocenters. The van der Waals surface area contributed by atoms with E-state index in [0.29, 0.717) is 60.7 Å². The number of methoxy groups -OCH3 is 3. The highest BCUT2D eigenvalue weighted by molar-refractivity contribution is 5.87. The van der Waals surface area contributed by atoms with Gasteiger partial charge >= 0.3 is 5.97 Å². The van der Waals surface area contributed by atoms with Crippen LogP contribution in [-0.4, -0.2) is 79.8 Å². The van der Waals surface area contributed by atoms with Gasteiger partial charge in [0, 0.05) is 58.3 Å². The number of carbonyl (C=O) groups is 4. The van der Waals surface area contributed by atoms with E-state index in [9.17, 15) is 24.3 Å². The number of ketones is 3. The Balaban J connectivity index is 1.36. The van der Waals surface area contributed by atoms with Gasteiger partial charge in [-0.05, 0) is 131 Å². The van der Waals surface area contributed by atoms with E-state index in [4.69, 9.17) is 18.9 Å². The summed E-state index contributed by atoms with van der Waals surface area (Å²) in [6.45, 7) is 21.8. The highest BCUT2D eigenvalue weighted by Crippen LogP contribution is 2.42. The Morgan fingerprint density at radius 3 is 2.03 bits per heavy atom. The first-order valence-corrected chi connectivity index (χ1v) is 26.3. The molecule has 64 heavy (non-hydrogen) atoms. The molecule has 0 aromatic rings. The molecule has 0 bridgehead atoms. The molecule has 1 N–H and O–H groups in total. The number of hydrogen-bond donors (Lipinski definition) is 1. The van der Waals surface area contributed by atoms with Crippen molar-refractivity contribution in [2.75, 3.05) is 21.3 Å². The smallest absolute Gasteiger partial charge is 0.307 e. The fourth-order valence-electron chi connectivity index (χ4n) is 12.2. The zero-order valence-corrected chi connectivity index (χ0v) is 43.3. The maximum absolute atomic E-state index is 13.8. The van der Waals surface area contributed by atoms with Crippen molar-refractivity contribution in [3.63, 3.8) is 0 Å². The van der Waals surface area contributed by atoms with Gasteiger partial charge in [-0.15, -0.1) is 0 Å². The van der Waals surface area contributed by atoms with Gasteiger partial charge in [0.15, 0.2) is 5.78 Å². The minimum Gasteiger partial charge on any atom is -0.481 e. The van der Waals surface area contributed by atoms with Crippen LogP contribution in [0.25, 0.3) is 0 Å². The van der Waals surface area contributed by atoms with Crippen LogP contribution < -0.4 is 0 Å². The maximum Gasteiger partial charge on any atom is 0.307 e. The number of carboxylic acid groups (broad SMARTS) is 1. The molecule has 0 aromatic heterocycles. The summed E-state index contributed by atoms with van der Waals surface area (Å²) in [5.41, 5.74) is -0.593. The summed E-state index contributed by atoms with van der Waals surface area (Å²) in [5, 5.41) is 9.78. The monoisotopic (exact) mass is 903 g/mol. The van der Waals surface area contributed by atoms with Crippen LogP contribution in [0.5, 0.6) is 0 Å². The van der Waals surface area contributed by atoms with Gasteiger partial charge < -0.3 is 24.1 Å². The van der Waals surface area contributed by atoms with Crippen molar-refractivity contribution in [1.29, 1.82) is 0 Å². The quantitative estimate of drug-likeness (QED) is 0.0701. The minimum absolute atomic E-state index is 0.0138. The Labute approximate surface area is 391 Å². The van der Waals surface area contributed by atoms with E-state index >= 15 is 0 Å². The number of aliphatic carboxylic acids is 1. The lowest BCUT2D eigenvalue weighted by atomic mass is 9.72. The van der Waals surface area contributed by atoms with E-state index in [1.165, 1.54) is 19.3 Å². The van der Waals surface area contributed by atoms with Crippen molar-refractivity contribution in [2.24, 2.45) is 71.0 Å². The summed E-state index contributed by atoms with van der Waals surface area (Å²) in [6.07, 6.45) is 19.6. The average Bonchev–Trinajstić information content (AvgIpc) is 3.26. The molecule has 3 fully saturated rings. The molecule has 1 heterocycles. The molecule has 2 aliphatic carbocycles. The highest BCUT2D eigenvalue weighted by Gasteiger charge is 2.45. The average molecular weight is 903 g/mol. The number of Topliss-reactive ketones (excluding diaryl/α,β-unsaturated/α-hetero) is 3. The molecule has 0 radical (unpaired) electrons. The highest BCUT2D eigenvalue weighted by atomic mass is 16.5. The van der Waals surface area contributed by atoms with E-state index in [1.807, 2.05) is 7.11 Å². The fraction of sp³-hybridized carbons (Fsp3) is 0.927. The standard InChI is InChI=1S/C55H98O9/c1-35(29-41(7)52(58)53(63-13)43(9)39(5)31-40(6)48(56)28-23-36(2)30-44-26-24-38(4)50(32-44)61-11)19-15-14-16-20-37(3)51(62-12)33-45-27-25-42(8)55(10,64-45)34-49(57)46-21-17-18-22-47(46)54(59)60/h35-47,50-51,53H,14-34H2,1-13H3,(H,59,60)/t35?,36-,37?,38?,39?,40?,41-,42-,43-,44+,45?,46?,47-,50-,51?,53?,55-/m1/s1. The van der Waals surface area contributed by atoms with Crippen molar-refractivity contribution in [3.8, 4) is 0 Å². The van der Waals surface area contributed by atoms with Crippen molar-refractivity contribution in [1.82, 2.24) is 0 Å². The summed E-state index contributed by atoms with van der Waals surface area (Å²) < 4.78 is 24.4. The molecular formula is C55H98O9. The van der Waals surface area contributed by atoms with E-state index in [2.05, 4.69) is 69.2 Å². The summed E-state index contributed by atoms with van der Waals surface area (Å²) >= 11 is 0. The number of hydrogen-bond acceptors (Lipinski definition) is 8. The van der Waals surface area contributed by atoms with Gasteiger partial charge in [0.1, 0.15) is 17.7 Å². The zero-order valence-electron chi connectivity index (χ0n) is 43.3. The maximum atomic E-state index is 13.8. The predicted molar refractivity (Wildman–Crippen MR) is 258 cm³/mol. The summed E-state index contributed by atoms with van der Waals surface area (Å²) in [6, 6.07) is 0. The van der Waals surface area contributed by atoms with Gasteiger partial charge in [-0.3, -0.25) is 19.2 Å². The third kappa shape index (κ3) is 17.4. The van der Waals surface area contributed by atoms with E-state index in [0.717, 1.165) is 89.9 Å². The van der Waals surface area contributed by atoms with Crippen LogP contribution in [0.2, 0.25) is 0 Å². The van der Waals surface area contributed by atoms with Crippen LogP contribution in [0.15, 0.2) is 0 Å². The molecule has 3 rings (SSSR count). The Bertz CT molecular complexity index is 1400. The van der Waals surface area contributed by atoms with Gasteiger partial charge in [0.05, 0.1) is 29.8 Å². The second kappa shape index (κ2) is 28.0. The second-order valence-electron chi connectivity index (χ2n) is 22.7. The molecule has 9 nitrogen and oxygen atoms in total. The van der Waals surface area contributed by atoms with Gasteiger partial charge in [-0.1, -0.05) is 101 Å². The molecular weight excluding hydrogens is 805 g/mol. The first-order valence-electron chi connectivity index (χ1n) is 26.3. The largest absolute Gasteiger partial charge is 0.481 e. The fourth-order valence-corrected chi connectivity index (χ4v) is 12.2. The van der Waals surface area contributed by atoms with Crippen LogP contribution in [0.3, 0.4) is 0 Å². The van der Waals surface area contributed by atoms with Gasteiger partial charge in [-0.2, -0.15) is 0 Å². The summed E-state index contributed by atoms with van der Waals surface area (Å²) in [7, 11) is 5.30. The second-order valence-corrected chi connectivity index (χ2v) is 22.7. The number of carboxylic acids is 1. The lowest BCUT2D eigenvalue weighted by Crippen LogP contribution is -2.48. The number of unbranched alkanes of at least 4 members (excludes halogenated alkanes) is 2. The van der Waals surface area contributed by atoms with Crippen LogP contribution >= 0.6 is 0 Å². The third-order valence-electron chi connectivity index (χ3n) is 17.3. The van der Waals surface area contributed by atoms with Crippen LogP contribution in [-0.2, 0) is 38.1 Å². The molecule has 1 saturated heterocycles. The Hall–Kier alpha value is -1.68. The van der Waals surface area contributed by atoms with Crippen molar-refractivity contribution < 1.29 is 43.2 Å². The topological polar surface area (TPSA) is 125 Å². The molecule has 9 unspecified atom stereocenters. The molecule has 0 aromatic carbocycles. The Kier molecular flexibility index (Phi) is 24.8. The molecule has 2 saturated carbocycles. The van der Waals surface area contributed by atoms with Gasteiger partial charge in [-0.25, -0.2) is 0 Å². The summed E-state index contributed by atoms with van der Waals surface area (Å²) in [5.74, 6) is 1.81. The predicted octanol–water partition coefficient (Wildman–Crippen LogP) is 12.8. The number of ether oxygens (including phenoxy) is 4. The molecule has 0 amide bonds. The van der Waals surface area contributed by atoms with E-state index < -0.39 is 29.5 Å². The Morgan fingerprint density at radius 1 is 0.719 bits per heavy atom. The van der Waals surface area contributed by atoms with Gasteiger partial charge in [0.2, 0.25) is 0 Å². The van der Waals surface area contributed by atoms with Gasteiger partial charge in [0.25, 0.3) is 0 Å². The first kappa shape index (κ1) is 56.6. The minimum atomic E-state index is -0.841. The first-order chi connectivity index (χ1) is 30.2. The molecule has 9 heteroatoms. The summed E-state index contributed by atoms with van der Waals surface area (Å²) in [4.78, 5) is 52.6. The molecule has 372 valence electrons. The van der Waals surface area contributed by atoms with Crippen LogP contribution in [0.1, 0.15) is 204 Å². The normalized spacial score (nSPS) is 30.9. The lowest BCUT2D eigenvalue weighted by molar-refractivity contribution is -0.173. The number of carbonyl (C=O) groups excluding carboxylic acids is 3. The van der Waals surface area contributed by atoms with Crippen LogP contribution in [0.4, 0.5) is 0 Å². The zero-order chi connectivity index (χ0) is 47.7. The third-order valence-corrected chi connectivity index (χ3v) is 17.3. The molecule has 3 aliphatic rings. The van der Waals surface area contributed by atoms with E-state index in [-0.39, 0.29) is 59.8 Å². The van der Waals surface area contributed by atoms with Crippen LogP contribution in [0, 0.1) is 71.0 Å². The number of rotatable bonds is 30. The Morgan fingerprint density at radius 2 is 1.39 bits per heavy atom. The van der Waals surface area contributed by atoms with Crippen molar-refractivity contribution in [2.45, 2.75) is 234 Å². The van der Waals surface area contributed by atoms with Crippen molar-refractivity contribution >= 4 is 23.3 Å². The molecule has 0 spiro atoms. The molecule has 1 aliphatic heterocycles.